The Morgan fingerprint density at radius 1 is 1.42 bits per heavy atom. The fourth-order valence-corrected chi connectivity index (χ4v) is 3.41. The van der Waals surface area contributed by atoms with E-state index in [2.05, 4.69) is 4.98 Å². The molecule has 1 saturated carbocycles. The number of methoxy groups -OCH3 is 1. The molecule has 2 N–H and O–H groups in total. The summed E-state index contributed by atoms with van der Waals surface area (Å²) in [4.78, 5) is 30.6. The fraction of sp³-hybridized carbons (Fsp3) is 0.611. The van der Waals surface area contributed by atoms with Crippen LogP contribution in [0.5, 0.6) is 0 Å². The van der Waals surface area contributed by atoms with Gasteiger partial charge in [-0.25, -0.2) is 0 Å². The molecule has 1 aliphatic carbocycles. The number of ether oxygens (including phenoxy) is 1. The third kappa shape index (κ3) is 4.77. The van der Waals surface area contributed by atoms with E-state index in [1.165, 1.54) is 7.11 Å². The van der Waals surface area contributed by atoms with Crippen molar-refractivity contribution in [3.63, 3.8) is 0 Å². The second-order valence-electron chi connectivity index (χ2n) is 6.51. The van der Waals surface area contributed by atoms with Crippen molar-refractivity contribution >= 4 is 11.9 Å². The number of carbonyl (C=O) groups is 2. The maximum Gasteiger partial charge on any atom is 0.306 e. The van der Waals surface area contributed by atoms with Gasteiger partial charge in [0.05, 0.1) is 19.4 Å². The molecule has 0 aromatic carbocycles. The van der Waals surface area contributed by atoms with Gasteiger partial charge in [-0.2, -0.15) is 0 Å². The molecule has 0 aliphatic heterocycles. The highest BCUT2D eigenvalue weighted by Gasteiger charge is 2.33. The Hall–Kier alpha value is -1.95. The molecule has 3 atom stereocenters. The van der Waals surface area contributed by atoms with Crippen LogP contribution in [0.3, 0.4) is 0 Å². The average molecular weight is 333 g/mol. The summed E-state index contributed by atoms with van der Waals surface area (Å²) in [5.74, 6) is -0.883. The Labute approximate surface area is 143 Å². The minimum absolute atomic E-state index is 0.00451. The zero-order valence-electron chi connectivity index (χ0n) is 14.5. The minimum atomic E-state index is -0.458. The lowest BCUT2D eigenvalue weighted by atomic mass is 9.88. The number of aromatic nitrogens is 1. The number of rotatable bonds is 6. The maximum absolute atomic E-state index is 13.0. The van der Waals surface area contributed by atoms with E-state index in [1.807, 2.05) is 12.1 Å². The summed E-state index contributed by atoms with van der Waals surface area (Å²) in [6.07, 6.45) is 8.00. The highest BCUT2D eigenvalue weighted by molar-refractivity contribution is 5.84. The van der Waals surface area contributed by atoms with Crippen LogP contribution in [-0.4, -0.2) is 48.0 Å². The quantitative estimate of drug-likeness (QED) is 0.798. The Balaban J connectivity index is 2.11. The summed E-state index contributed by atoms with van der Waals surface area (Å²) in [6.45, 7) is 0. The Morgan fingerprint density at radius 3 is 2.79 bits per heavy atom. The first-order chi connectivity index (χ1) is 11.5. The van der Waals surface area contributed by atoms with Crippen molar-refractivity contribution in [2.45, 2.75) is 50.6 Å². The van der Waals surface area contributed by atoms with Gasteiger partial charge in [-0.15, -0.1) is 0 Å². The topological polar surface area (TPSA) is 85.5 Å². The maximum atomic E-state index is 13.0. The highest BCUT2D eigenvalue weighted by atomic mass is 16.5. The molecule has 1 amide bonds. The lowest BCUT2D eigenvalue weighted by Crippen LogP contribution is -2.52. The van der Waals surface area contributed by atoms with Crippen molar-refractivity contribution in [1.82, 2.24) is 9.88 Å². The zero-order valence-corrected chi connectivity index (χ0v) is 14.5. The van der Waals surface area contributed by atoms with Gasteiger partial charge in [-0.3, -0.25) is 14.6 Å². The van der Waals surface area contributed by atoms with Crippen molar-refractivity contribution in [1.29, 1.82) is 0 Å². The van der Waals surface area contributed by atoms with Gasteiger partial charge in [0, 0.05) is 31.5 Å². The van der Waals surface area contributed by atoms with Gasteiger partial charge in [0.1, 0.15) is 0 Å². The fourth-order valence-electron chi connectivity index (χ4n) is 3.41. The molecule has 0 saturated heterocycles. The molecule has 0 bridgehead atoms. The summed E-state index contributed by atoms with van der Waals surface area (Å²) in [7, 11) is 3.14. The Morgan fingerprint density at radius 2 is 2.17 bits per heavy atom. The number of pyridine rings is 1. The minimum Gasteiger partial charge on any atom is -0.469 e. The van der Waals surface area contributed by atoms with Crippen LogP contribution < -0.4 is 5.73 Å². The van der Waals surface area contributed by atoms with Crippen LogP contribution in [-0.2, 0) is 20.7 Å². The van der Waals surface area contributed by atoms with Gasteiger partial charge in [-0.1, -0.05) is 18.9 Å². The molecule has 2 rings (SSSR count). The van der Waals surface area contributed by atoms with Crippen LogP contribution in [0.4, 0.5) is 0 Å². The molecule has 1 aromatic rings. The van der Waals surface area contributed by atoms with Crippen LogP contribution in [0, 0.1) is 5.92 Å². The van der Waals surface area contributed by atoms with Gasteiger partial charge in [0.25, 0.3) is 0 Å². The molecule has 132 valence electrons. The third-order valence-electron chi connectivity index (χ3n) is 4.82. The van der Waals surface area contributed by atoms with E-state index in [4.69, 9.17) is 10.5 Å². The summed E-state index contributed by atoms with van der Waals surface area (Å²) >= 11 is 0. The van der Waals surface area contributed by atoms with Crippen molar-refractivity contribution in [2.75, 3.05) is 14.2 Å². The highest BCUT2D eigenvalue weighted by Crippen LogP contribution is 2.24. The molecule has 24 heavy (non-hydrogen) atoms. The van der Waals surface area contributed by atoms with Crippen LogP contribution >= 0.6 is 0 Å². The van der Waals surface area contributed by atoms with Crippen LogP contribution in [0.15, 0.2) is 24.5 Å². The van der Waals surface area contributed by atoms with E-state index in [0.717, 1.165) is 31.2 Å². The van der Waals surface area contributed by atoms with Crippen molar-refractivity contribution in [3.05, 3.63) is 30.1 Å². The molecule has 1 fully saturated rings. The Bertz CT molecular complexity index is 550. The molecule has 0 radical (unpaired) electrons. The number of nitrogens with zero attached hydrogens (tertiary/aromatic N) is 2. The standard InChI is InChI=1S/C18H27N3O3/c1-21(16-8-4-3-7-15(16)19)18(23)14(11-17(22)24-2)10-13-6-5-9-20-12-13/h5-6,9,12,14-16H,3-4,7-8,10-11,19H2,1-2H3/t14-,15+,16+/m1/s1. The first-order valence-electron chi connectivity index (χ1n) is 8.51. The molecule has 0 unspecified atom stereocenters. The second-order valence-corrected chi connectivity index (χ2v) is 6.51. The normalized spacial score (nSPS) is 21.8. The van der Waals surface area contributed by atoms with Crippen molar-refractivity contribution in [3.8, 4) is 0 Å². The molecule has 0 spiro atoms. The number of likely N-dealkylation sites (N-methyl/N-ethyl adjacent to an activating group) is 1. The van der Waals surface area contributed by atoms with Gasteiger partial charge in [-0.05, 0) is 30.9 Å². The van der Waals surface area contributed by atoms with Gasteiger partial charge >= 0.3 is 5.97 Å². The molecular formula is C18H27N3O3. The van der Waals surface area contributed by atoms with Gasteiger partial charge in [0.2, 0.25) is 5.91 Å². The predicted molar refractivity (Wildman–Crippen MR) is 91.1 cm³/mol. The second kappa shape index (κ2) is 8.78. The molecule has 6 nitrogen and oxygen atoms in total. The SMILES string of the molecule is COC(=O)C[C@@H](Cc1cccnc1)C(=O)N(C)[C@H]1CCCC[C@@H]1N. The summed E-state index contributed by atoms with van der Waals surface area (Å²) in [5.41, 5.74) is 7.13. The van der Waals surface area contributed by atoms with Crippen molar-refractivity contribution < 1.29 is 14.3 Å². The summed E-state index contributed by atoms with van der Waals surface area (Å²) < 4.78 is 4.76. The van der Waals surface area contributed by atoms with E-state index < -0.39 is 5.92 Å². The number of carbonyl (C=O) groups excluding carboxylic acids is 2. The van der Waals surface area contributed by atoms with E-state index in [9.17, 15) is 9.59 Å². The van der Waals surface area contributed by atoms with E-state index >= 15 is 0 Å². The van der Waals surface area contributed by atoms with E-state index in [1.54, 1.807) is 24.3 Å². The monoisotopic (exact) mass is 333 g/mol. The number of amides is 1. The lowest BCUT2D eigenvalue weighted by Gasteiger charge is -2.37. The predicted octanol–water partition coefficient (Wildman–Crippen LogP) is 1.53. The molecule has 6 heteroatoms. The Kier molecular flexibility index (Phi) is 6.73. The smallest absolute Gasteiger partial charge is 0.306 e. The van der Waals surface area contributed by atoms with E-state index in [-0.39, 0.29) is 30.4 Å². The summed E-state index contributed by atoms with van der Waals surface area (Å²) in [6, 6.07) is 3.79. The summed E-state index contributed by atoms with van der Waals surface area (Å²) in [5, 5.41) is 0. The van der Waals surface area contributed by atoms with Crippen LogP contribution in [0.1, 0.15) is 37.7 Å². The van der Waals surface area contributed by atoms with Gasteiger partial charge in [0.15, 0.2) is 0 Å². The number of hydrogen-bond acceptors (Lipinski definition) is 5. The number of esters is 1. The third-order valence-corrected chi connectivity index (χ3v) is 4.82. The largest absolute Gasteiger partial charge is 0.469 e. The number of nitrogens with two attached hydrogens (primary N) is 1. The zero-order chi connectivity index (χ0) is 17.5. The van der Waals surface area contributed by atoms with E-state index in [0.29, 0.717) is 6.42 Å². The average Bonchev–Trinajstić information content (AvgIpc) is 2.61. The molecule has 1 aliphatic rings. The molecule has 1 heterocycles. The number of hydrogen-bond donors (Lipinski definition) is 1. The van der Waals surface area contributed by atoms with Crippen LogP contribution in [0.2, 0.25) is 0 Å². The van der Waals surface area contributed by atoms with Crippen molar-refractivity contribution in [2.24, 2.45) is 11.7 Å². The van der Waals surface area contributed by atoms with Crippen LogP contribution in [0.25, 0.3) is 0 Å². The first kappa shape index (κ1) is 18.4. The molecule has 1 aromatic heterocycles. The first-order valence-corrected chi connectivity index (χ1v) is 8.51. The lowest BCUT2D eigenvalue weighted by molar-refractivity contribution is -0.147. The molecular weight excluding hydrogens is 306 g/mol. The van der Waals surface area contributed by atoms with Gasteiger partial charge < -0.3 is 15.4 Å².